The molecule has 0 saturated carbocycles. The van der Waals surface area contributed by atoms with Crippen molar-refractivity contribution in [2.24, 2.45) is 0 Å². The van der Waals surface area contributed by atoms with Crippen molar-refractivity contribution in [2.45, 2.75) is 31.9 Å². The maximum Gasteiger partial charge on any atom is 0.143 e. The molecule has 2 N–H and O–H groups in total. The molecule has 0 aliphatic carbocycles. The lowest BCUT2D eigenvalue weighted by atomic mass is 10.0. The van der Waals surface area contributed by atoms with E-state index in [1.807, 2.05) is 0 Å². The average molecular weight is 256 g/mol. The van der Waals surface area contributed by atoms with Crippen LogP contribution in [0.3, 0.4) is 0 Å². The van der Waals surface area contributed by atoms with Gasteiger partial charge < -0.3 is 15.4 Å². The Morgan fingerprint density at radius 2 is 2.35 bits per heavy atom. The molecule has 2 atom stereocenters. The van der Waals surface area contributed by atoms with Crippen LogP contribution in [0.2, 0.25) is 5.02 Å². The SMILES string of the molecule is CC1CC(Oc2cc(N)ncc2Cl)CCN1C. The van der Waals surface area contributed by atoms with Gasteiger partial charge in [-0.3, -0.25) is 0 Å². The average Bonchev–Trinajstić information content (AvgIpc) is 2.29. The Morgan fingerprint density at radius 3 is 3.06 bits per heavy atom. The first-order valence-corrected chi connectivity index (χ1v) is 6.22. The Bertz CT molecular complexity index is 399. The molecule has 1 aromatic rings. The quantitative estimate of drug-likeness (QED) is 0.880. The molecule has 1 aromatic heterocycles. The molecule has 1 saturated heterocycles. The molecule has 0 spiro atoms. The van der Waals surface area contributed by atoms with Gasteiger partial charge in [-0.1, -0.05) is 11.6 Å². The number of anilines is 1. The number of piperidine rings is 1. The van der Waals surface area contributed by atoms with Crippen molar-refractivity contribution in [2.75, 3.05) is 19.3 Å². The fraction of sp³-hybridized carbons (Fsp3) is 0.583. The molecule has 2 heterocycles. The number of nitrogens with two attached hydrogens (primary N) is 1. The second-order valence-corrected chi connectivity index (χ2v) is 5.04. The number of hydrogen-bond donors (Lipinski definition) is 1. The van der Waals surface area contributed by atoms with Crippen molar-refractivity contribution in [3.05, 3.63) is 17.3 Å². The van der Waals surface area contributed by atoms with Crippen molar-refractivity contribution < 1.29 is 4.74 Å². The third-order valence-corrected chi connectivity index (χ3v) is 3.58. The molecule has 2 unspecified atom stereocenters. The highest BCUT2D eigenvalue weighted by Crippen LogP contribution is 2.28. The van der Waals surface area contributed by atoms with E-state index in [1.165, 1.54) is 6.20 Å². The van der Waals surface area contributed by atoms with E-state index in [1.54, 1.807) is 6.07 Å². The Hall–Kier alpha value is -1.00. The first kappa shape index (κ1) is 12.5. The van der Waals surface area contributed by atoms with Crippen LogP contribution in [0.4, 0.5) is 5.82 Å². The Morgan fingerprint density at radius 1 is 1.59 bits per heavy atom. The minimum atomic E-state index is 0.209. The van der Waals surface area contributed by atoms with Crippen molar-refractivity contribution in [3.63, 3.8) is 0 Å². The number of rotatable bonds is 2. The van der Waals surface area contributed by atoms with Gasteiger partial charge in [0.1, 0.15) is 22.7 Å². The number of ether oxygens (including phenoxy) is 1. The Balaban J connectivity index is 2.03. The molecule has 0 bridgehead atoms. The fourth-order valence-electron chi connectivity index (χ4n) is 2.06. The van der Waals surface area contributed by atoms with Crippen molar-refractivity contribution in [1.82, 2.24) is 9.88 Å². The predicted molar refractivity (Wildman–Crippen MR) is 69.4 cm³/mol. The zero-order valence-electron chi connectivity index (χ0n) is 10.2. The summed E-state index contributed by atoms with van der Waals surface area (Å²) in [5, 5.41) is 0.519. The summed E-state index contributed by atoms with van der Waals surface area (Å²) in [6, 6.07) is 2.22. The highest BCUT2D eigenvalue weighted by molar-refractivity contribution is 6.31. The zero-order chi connectivity index (χ0) is 12.4. The van der Waals surface area contributed by atoms with E-state index < -0.39 is 0 Å². The van der Waals surface area contributed by atoms with Gasteiger partial charge in [-0.2, -0.15) is 0 Å². The van der Waals surface area contributed by atoms with E-state index in [9.17, 15) is 0 Å². The lowest BCUT2D eigenvalue weighted by Crippen LogP contribution is -2.41. The topological polar surface area (TPSA) is 51.4 Å². The first-order valence-electron chi connectivity index (χ1n) is 5.84. The van der Waals surface area contributed by atoms with Crippen LogP contribution in [0.25, 0.3) is 0 Å². The summed E-state index contributed by atoms with van der Waals surface area (Å²) in [4.78, 5) is 6.25. The fourth-order valence-corrected chi connectivity index (χ4v) is 2.21. The normalized spacial score (nSPS) is 25.8. The van der Waals surface area contributed by atoms with Crippen LogP contribution >= 0.6 is 11.6 Å². The number of likely N-dealkylation sites (tertiary alicyclic amines) is 1. The summed E-state index contributed by atoms with van der Waals surface area (Å²) in [6.07, 6.45) is 3.76. The largest absolute Gasteiger partial charge is 0.489 e. The van der Waals surface area contributed by atoms with Gasteiger partial charge in [0, 0.05) is 18.7 Å². The molecule has 4 nitrogen and oxygen atoms in total. The van der Waals surface area contributed by atoms with Crippen LogP contribution in [-0.2, 0) is 0 Å². The summed E-state index contributed by atoms with van der Waals surface area (Å²) >= 11 is 6.03. The Kier molecular flexibility index (Phi) is 3.74. The maximum atomic E-state index is 6.03. The van der Waals surface area contributed by atoms with E-state index in [0.717, 1.165) is 19.4 Å². The van der Waals surface area contributed by atoms with Crippen molar-refractivity contribution in [3.8, 4) is 5.75 Å². The van der Waals surface area contributed by atoms with E-state index in [2.05, 4.69) is 23.9 Å². The zero-order valence-corrected chi connectivity index (χ0v) is 10.9. The van der Waals surface area contributed by atoms with Crippen LogP contribution in [0.5, 0.6) is 5.75 Å². The highest BCUT2D eigenvalue weighted by atomic mass is 35.5. The number of pyridine rings is 1. The van der Waals surface area contributed by atoms with E-state index in [4.69, 9.17) is 22.1 Å². The molecule has 1 aliphatic heterocycles. The minimum Gasteiger partial charge on any atom is -0.489 e. The summed E-state index contributed by atoms with van der Waals surface area (Å²) in [7, 11) is 2.14. The monoisotopic (exact) mass is 255 g/mol. The second kappa shape index (κ2) is 5.10. The Labute approximate surface area is 107 Å². The molecule has 0 aromatic carbocycles. The number of nitrogens with zero attached hydrogens (tertiary/aromatic N) is 2. The van der Waals surface area contributed by atoms with Gasteiger partial charge in [0.05, 0.1) is 6.20 Å². The van der Waals surface area contributed by atoms with E-state index in [0.29, 0.717) is 22.6 Å². The van der Waals surface area contributed by atoms with Gasteiger partial charge in [-0.05, 0) is 26.8 Å². The lowest BCUT2D eigenvalue weighted by molar-refractivity contribution is 0.0792. The summed E-state index contributed by atoms with van der Waals surface area (Å²) in [5.41, 5.74) is 5.62. The molecule has 2 rings (SSSR count). The van der Waals surface area contributed by atoms with Gasteiger partial charge in [0.25, 0.3) is 0 Å². The highest BCUT2D eigenvalue weighted by Gasteiger charge is 2.24. The van der Waals surface area contributed by atoms with Gasteiger partial charge in [-0.15, -0.1) is 0 Å². The van der Waals surface area contributed by atoms with Crippen molar-refractivity contribution in [1.29, 1.82) is 0 Å². The molecular weight excluding hydrogens is 238 g/mol. The molecule has 5 heteroatoms. The van der Waals surface area contributed by atoms with Crippen LogP contribution in [-0.4, -0.2) is 35.6 Å². The van der Waals surface area contributed by atoms with Crippen LogP contribution < -0.4 is 10.5 Å². The third kappa shape index (κ3) is 3.01. The van der Waals surface area contributed by atoms with Crippen molar-refractivity contribution >= 4 is 17.4 Å². The van der Waals surface area contributed by atoms with Crippen LogP contribution in [0, 0.1) is 0 Å². The standard InChI is InChI=1S/C12H18ClN3O/c1-8-5-9(3-4-16(8)2)17-11-6-12(14)15-7-10(11)13/h6-9H,3-5H2,1-2H3,(H2,14,15). The number of nitrogen functional groups attached to an aromatic ring is 1. The predicted octanol–water partition coefficient (Wildman–Crippen LogP) is 2.18. The number of hydrogen-bond acceptors (Lipinski definition) is 4. The van der Waals surface area contributed by atoms with Crippen LogP contribution in [0.15, 0.2) is 12.3 Å². The molecular formula is C12H18ClN3O. The molecule has 1 fully saturated rings. The maximum absolute atomic E-state index is 6.03. The first-order chi connectivity index (χ1) is 8.06. The molecule has 0 amide bonds. The molecule has 17 heavy (non-hydrogen) atoms. The second-order valence-electron chi connectivity index (χ2n) is 4.63. The number of halogens is 1. The summed E-state index contributed by atoms with van der Waals surface area (Å²) in [6.45, 7) is 3.25. The summed E-state index contributed by atoms with van der Waals surface area (Å²) in [5.74, 6) is 1.08. The van der Waals surface area contributed by atoms with Gasteiger partial charge >= 0.3 is 0 Å². The smallest absolute Gasteiger partial charge is 0.143 e. The van der Waals surface area contributed by atoms with E-state index >= 15 is 0 Å². The molecule has 94 valence electrons. The molecule has 0 radical (unpaired) electrons. The number of aromatic nitrogens is 1. The van der Waals surface area contributed by atoms with Gasteiger partial charge in [-0.25, -0.2) is 4.98 Å². The van der Waals surface area contributed by atoms with E-state index in [-0.39, 0.29) is 6.10 Å². The van der Waals surface area contributed by atoms with Crippen LogP contribution in [0.1, 0.15) is 19.8 Å². The minimum absolute atomic E-state index is 0.209. The lowest BCUT2D eigenvalue weighted by Gasteiger charge is -2.35. The van der Waals surface area contributed by atoms with Gasteiger partial charge in [0.2, 0.25) is 0 Å². The van der Waals surface area contributed by atoms with Gasteiger partial charge in [0.15, 0.2) is 0 Å². The third-order valence-electron chi connectivity index (χ3n) is 3.30. The molecule has 1 aliphatic rings. The summed E-state index contributed by atoms with van der Waals surface area (Å²) < 4.78 is 5.91.